The van der Waals surface area contributed by atoms with Crippen LogP contribution in [-0.4, -0.2) is 23.9 Å². The minimum absolute atomic E-state index is 0.0247. The standard InChI is InChI=1S/C28H34N2O3/c1-19(2)26(30(16-8-15-29)28(32)23-13-11-20(3)12-14-23)27-24(25(31)17-21(4)33-27)18-22-9-6-5-7-10-22/h5-7,9-14,17,19,26H,8,15-16,18,29H2,1-4H3/t26-/m1/s1. The van der Waals surface area contributed by atoms with Gasteiger partial charge in [0.15, 0.2) is 5.43 Å². The van der Waals surface area contributed by atoms with E-state index in [0.29, 0.717) is 48.6 Å². The molecule has 2 aromatic carbocycles. The Balaban J connectivity index is 2.12. The van der Waals surface area contributed by atoms with Crippen molar-refractivity contribution >= 4 is 5.91 Å². The van der Waals surface area contributed by atoms with Crippen LogP contribution in [0.3, 0.4) is 0 Å². The molecule has 1 atom stereocenters. The van der Waals surface area contributed by atoms with Crippen LogP contribution >= 0.6 is 0 Å². The molecule has 0 aliphatic rings. The molecule has 0 bridgehead atoms. The molecule has 0 aliphatic heterocycles. The topological polar surface area (TPSA) is 76.5 Å². The first-order valence-electron chi connectivity index (χ1n) is 11.6. The number of amides is 1. The monoisotopic (exact) mass is 446 g/mol. The lowest BCUT2D eigenvalue weighted by Crippen LogP contribution is -2.40. The van der Waals surface area contributed by atoms with Crippen LogP contribution in [0, 0.1) is 19.8 Å². The van der Waals surface area contributed by atoms with E-state index < -0.39 is 6.04 Å². The van der Waals surface area contributed by atoms with Gasteiger partial charge in [-0.05, 0) is 50.4 Å². The molecular weight excluding hydrogens is 412 g/mol. The van der Waals surface area contributed by atoms with E-state index in [1.165, 1.54) is 6.07 Å². The Morgan fingerprint density at radius 3 is 2.30 bits per heavy atom. The Kier molecular flexibility index (Phi) is 8.23. The maximum atomic E-state index is 13.7. The molecule has 1 heterocycles. The van der Waals surface area contributed by atoms with Crippen molar-refractivity contribution in [3.63, 3.8) is 0 Å². The third kappa shape index (κ3) is 5.99. The summed E-state index contributed by atoms with van der Waals surface area (Å²) < 4.78 is 6.23. The molecule has 0 radical (unpaired) electrons. The van der Waals surface area contributed by atoms with E-state index in [0.717, 1.165) is 11.1 Å². The number of carbonyl (C=O) groups excluding carboxylic acids is 1. The maximum absolute atomic E-state index is 13.7. The molecule has 0 spiro atoms. The third-order valence-corrected chi connectivity index (χ3v) is 5.82. The fourth-order valence-electron chi connectivity index (χ4n) is 4.17. The third-order valence-electron chi connectivity index (χ3n) is 5.82. The summed E-state index contributed by atoms with van der Waals surface area (Å²) in [6.07, 6.45) is 1.11. The zero-order valence-corrected chi connectivity index (χ0v) is 20.0. The van der Waals surface area contributed by atoms with Gasteiger partial charge >= 0.3 is 0 Å². The summed E-state index contributed by atoms with van der Waals surface area (Å²) in [5, 5.41) is 0. The molecule has 5 nitrogen and oxygen atoms in total. The molecule has 33 heavy (non-hydrogen) atoms. The van der Waals surface area contributed by atoms with Crippen molar-refractivity contribution < 1.29 is 9.21 Å². The smallest absolute Gasteiger partial charge is 0.254 e. The van der Waals surface area contributed by atoms with Crippen LogP contribution in [-0.2, 0) is 6.42 Å². The van der Waals surface area contributed by atoms with E-state index in [9.17, 15) is 9.59 Å². The van der Waals surface area contributed by atoms with Crippen LogP contribution in [0.25, 0.3) is 0 Å². The Morgan fingerprint density at radius 2 is 1.70 bits per heavy atom. The van der Waals surface area contributed by atoms with Crippen LogP contribution < -0.4 is 11.2 Å². The number of aryl methyl sites for hydroxylation is 2. The second-order valence-corrected chi connectivity index (χ2v) is 8.92. The summed E-state index contributed by atoms with van der Waals surface area (Å²) in [7, 11) is 0. The van der Waals surface area contributed by atoms with Crippen LogP contribution in [0.4, 0.5) is 0 Å². The van der Waals surface area contributed by atoms with Gasteiger partial charge in [0.2, 0.25) is 0 Å². The fraction of sp³-hybridized carbons (Fsp3) is 0.357. The van der Waals surface area contributed by atoms with Crippen molar-refractivity contribution in [2.24, 2.45) is 11.7 Å². The average Bonchev–Trinajstić information content (AvgIpc) is 2.79. The highest BCUT2D eigenvalue weighted by Gasteiger charge is 2.33. The molecule has 0 fully saturated rings. The minimum atomic E-state index is -0.392. The molecular formula is C28H34N2O3. The van der Waals surface area contributed by atoms with Gasteiger partial charge in [0.25, 0.3) is 5.91 Å². The Morgan fingerprint density at radius 1 is 1.03 bits per heavy atom. The SMILES string of the molecule is Cc1ccc(C(=O)N(CCCN)[C@@H](c2oc(C)cc(=O)c2Cc2ccccc2)C(C)C)cc1. The first-order valence-corrected chi connectivity index (χ1v) is 11.6. The van der Waals surface area contributed by atoms with Crippen molar-refractivity contribution in [1.82, 2.24) is 4.90 Å². The van der Waals surface area contributed by atoms with Gasteiger partial charge in [-0.1, -0.05) is 61.9 Å². The molecule has 3 aromatic rings. The first-order chi connectivity index (χ1) is 15.8. The van der Waals surface area contributed by atoms with Crippen molar-refractivity contribution in [3.05, 3.63) is 105 Å². The van der Waals surface area contributed by atoms with Gasteiger partial charge in [-0.2, -0.15) is 0 Å². The summed E-state index contributed by atoms with van der Waals surface area (Å²) >= 11 is 0. The lowest BCUT2D eigenvalue weighted by molar-refractivity contribution is 0.0581. The first kappa shape index (κ1) is 24.5. The minimum Gasteiger partial charge on any atom is -0.464 e. The summed E-state index contributed by atoms with van der Waals surface area (Å²) in [4.78, 5) is 28.6. The molecule has 5 heteroatoms. The second kappa shape index (κ2) is 11.1. The van der Waals surface area contributed by atoms with Crippen LogP contribution in [0.1, 0.15) is 64.9 Å². The summed E-state index contributed by atoms with van der Waals surface area (Å²) in [6.45, 7) is 8.83. The number of nitrogens with zero attached hydrogens (tertiary/aromatic N) is 1. The molecule has 1 aromatic heterocycles. The lowest BCUT2D eigenvalue weighted by Gasteiger charge is -2.35. The summed E-state index contributed by atoms with van der Waals surface area (Å²) in [6, 6.07) is 18.6. The number of hydrogen-bond acceptors (Lipinski definition) is 4. The zero-order chi connectivity index (χ0) is 24.0. The zero-order valence-electron chi connectivity index (χ0n) is 20.0. The van der Waals surface area contributed by atoms with Gasteiger partial charge in [-0.3, -0.25) is 9.59 Å². The highest BCUT2D eigenvalue weighted by molar-refractivity contribution is 5.94. The van der Waals surface area contributed by atoms with E-state index in [1.807, 2.05) is 66.4 Å². The number of benzene rings is 2. The van der Waals surface area contributed by atoms with Crippen molar-refractivity contribution in [1.29, 1.82) is 0 Å². The van der Waals surface area contributed by atoms with Gasteiger partial charge in [0.1, 0.15) is 11.5 Å². The normalized spacial score (nSPS) is 12.1. The molecule has 0 aliphatic carbocycles. The van der Waals surface area contributed by atoms with Gasteiger partial charge in [0, 0.05) is 30.2 Å². The highest BCUT2D eigenvalue weighted by atomic mass is 16.3. The van der Waals surface area contributed by atoms with Gasteiger partial charge in [0.05, 0.1) is 6.04 Å². The predicted octanol–water partition coefficient (Wildman–Crippen LogP) is 5.04. The largest absolute Gasteiger partial charge is 0.464 e. The van der Waals surface area contributed by atoms with E-state index in [1.54, 1.807) is 6.92 Å². The van der Waals surface area contributed by atoms with Gasteiger partial charge < -0.3 is 15.1 Å². The summed E-state index contributed by atoms with van der Waals surface area (Å²) in [5.41, 5.74) is 9.08. The molecule has 1 amide bonds. The highest BCUT2D eigenvalue weighted by Crippen LogP contribution is 2.33. The number of carbonyl (C=O) groups is 1. The fourth-order valence-corrected chi connectivity index (χ4v) is 4.17. The van der Waals surface area contributed by atoms with E-state index >= 15 is 0 Å². The summed E-state index contributed by atoms with van der Waals surface area (Å²) in [5.74, 6) is 1.05. The second-order valence-electron chi connectivity index (χ2n) is 8.92. The van der Waals surface area contributed by atoms with Crippen LogP contribution in [0.15, 0.2) is 69.9 Å². The Labute approximate surface area is 196 Å². The van der Waals surface area contributed by atoms with Gasteiger partial charge in [-0.25, -0.2) is 0 Å². The van der Waals surface area contributed by atoms with E-state index in [4.69, 9.17) is 10.2 Å². The van der Waals surface area contributed by atoms with Crippen molar-refractivity contribution in [2.75, 3.05) is 13.1 Å². The van der Waals surface area contributed by atoms with Crippen molar-refractivity contribution in [2.45, 2.75) is 46.6 Å². The van der Waals surface area contributed by atoms with Gasteiger partial charge in [-0.15, -0.1) is 0 Å². The molecule has 174 valence electrons. The van der Waals surface area contributed by atoms with Crippen LogP contribution in [0.2, 0.25) is 0 Å². The predicted molar refractivity (Wildman–Crippen MR) is 132 cm³/mol. The molecule has 3 rings (SSSR count). The van der Waals surface area contributed by atoms with Crippen molar-refractivity contribution in [3.8, 4) is 0 Å². The van der Waals surface area contributed by atoms with Crippen LogP contribution in [0.5, 0.6) is 0 Å². The number of nitrogens with two attached hydrogens (primary N) is 1. The maximum Gasteiger partial charge on any atom is 0.254 e. The van der Waals surface area contributed by atoms with E-state index in [-0.39, 0.29) is 17.3 Å². The Hall–Kier alpha value is -3.18. The number of rotatable bonds is 9. The molecule has 0 unspecified atom stereocenters. The molecule has 2 N–H and O–H groups in total. The average molecular weight is 447 g/mol. The van der Waals surface area contributed by atoms with E-state index in [2.05, 4.69) is 13.8 Å². The lowest BCUT2D eigenvalue weighted by atomic mass is 9.92. The molecule has 0 saturated heterocycles. The number of hydrogen-bond donors (Lipinski definition) is 1. The quantitative estimate of drug-likeness (QED) is 0.500. The molecule has 0 saturated carbocycles. The Bertz CT molecular complexity index is 1120.